The van der Waals surface area contributed by atoms with Gasteiger partial charge in [0, 0.05) is 12.1 Å². The summed E-state index contributed by atoms with van der Waals surface area (Å²) in [4.78, 5) is 44.6. The number of fused-ring (bicyclic) bond motifs is 1. The molecule has 0 unspecified atom stereocenters. The molecule has 0 saturated carbocycles. The van der Waals surface area contributed by atoms with Crippen LogP contribution in [0.4, 0.5) is 17.1 Å². The van der Waals surface area contributed by atoms with Crippen LogP contribution >= 0.6 is 23.2 Å². The molecule has 2 saturated heterocycles. The first-order valence-corrected chi connectivity index (χ1v) is 10.7. The highest BCUT2D eigenvalue weighted by molar-refractivity contribution is 6.42. The van der Waals surface area contributed by atoms with Gasteiger partial charge in [0.2, 0.25) is 5.91 Å². The van der Waals surface area contributed by atoms with Crippen LogP contribution in [0, 0.1) is 16.0 Å². The van der Waals surface area contributed by atoms with Crippen LogP contribution in [-0.2, 0) is 14.4 Å². The molecule has 2 aliphatic heterocycles. The van der Waals surface area contributed by atoms with E-state index < -0.39 is 34.8 Å². The largest absolute Gasteiger partial charge is 0.273 e. The number of nitro benzene ring substituents is 1. The molecule has 0 bridgehead atoms. The summed E-state index contributed by atoms with van der Waals surface area (Å²) >= 11 is 12.6. The summed E-state index contributed by atoms with van der Waals surface area (Å²) in [7, 11) is 0. The average molecular weight is 484 g/mol. The van der Waals surface area contributed by atoms with Gasteiger partial charge in [0.25, 0.3) is 11.6 Å². The number of anilines is 2. The van der Waals surface area contributed by atoms with E-state index in [2.05, 4.69) is 0 Å². The summed E-state index contributed by atoms with van der Waals surface area (Å²) in [6.07, 6.45) is -1.11. The molecule has 0 radical (unpaired) electrons. The molecule has 0 N–H and O–H groups in total. The molecule has 33 heavy (non-hydrogen) atoms. The lowest BCUT2D eigenvalue weighted by molar-refractivity contribution is -0.384. The van der Waals surface area contributed by atoms with Crippen LogP contribution in [0.25, 0.3) is 0 Å². The fourth-order valence-electron chi connectivity index (χ4n) is 4.27. The first-order chi connectivity index (χ1) is 15.9. The standard InChI is InChI=1S/C23H15Cl2N3O5/c24-16-7-4-8-17(25)20(16)26-22(29)18-19(13-9-11-15(12-10-13)28(31)32)27(33-21(18)23(26)30)14-5-2-1-3-6-14/h1-12,18-19,21H/t18-,19-,21+/m0/s1. The number of rotatable bonds is 4. The Hall–Kier alpha value is -3.46. The second-order valence-electron chi connectivity index (χ2n) is 7.59. The van der Waals surface area contributed by atoms with E-state index in [1.54, 1.807) is 54.6 Å². The Morgan fingerprint density at radius 3 is 2.09 bits per heavy atom. The van der Waals surface area contributed by atoms with Crippen molar-refractivity contribution in [3.05, 3.63) is 98.5 Å². The molecule has 0 aromatic heterocycles. The van der Waals surface area contributed by atoms with E-state index in [-0.39, 0.29) is 21.4 Å². The number of hydrogen-bond donors (Lipinski definition) is 0. The van der Waals surface area contributed by atoms with Crippen molar-refractivity contribution < 1.29 is 19.3 Å². The van der Waals surface area contributed by atoms with Crippen molar-refractivity contribution in [3.63, 3.8) is 0 Å². The lowest BCUT2D eigenvalue weighted by atomic mass is 9.90. The summed E-state index contributed by atoms with van der Waals surface area (Å²) in [5.41, 5.74) is 1.25. The molecule has 3 atom stereocenters. The third-order valence-electron chi connectivity index (χ3n) is 5.73. The van der Waals surface area contributed by atoms with Crippen molar-refractivity contribution in [2.24, 2.45) is 5.92 Å². The fourth-order valence-corrected chi connectivity index (χ4v) is 4.83. The molecule has 2 fully saturated rings. The first kappa shape index (κ1) is 21.4. The van der Waals surface area contributed by atoms with Crippen LogP contribution in [-0.4, -0.2) is 22.8 Å². The molecular weight excluding hydrogens is 469 g/mol. The van der Waals surface area contributed by atoms with E-state index in [9.17, 15) is 19.7 Å². The van der Waals surface area contributed by atoms with Gasteiger partial charge in [-0.2, -0.15) is 0 Å². The van der Waals surface area contributed by atoms with Crippen LogP contribution < -0.4 is 9.96 Å². The third-order valence-corrected chi connectivity index (χ3v) is 6.34. The Morgan fingerprint density at radius 2 is 1.48 bits per heavy atom. The Morgan fingerprint density at radius 1 is 0.848 bits per heavy atom. The van der Waals surface area contributed by atoms with Crippen molar-refractivity contribution in [1.29, 1.82) is 0 Å². The summed E-state index contributed by atoms with van der Waals surface area (Å²) in [5.74, 6) is -2.00. The minimum absolute atomic E-state index is 0.0845. The zero-order valence-electron chi connectivity index (χ0n) is 16.8. The second kappa shape index (κ2) is 8.15. The van der Waals surface area contributed by atoms with Gasteiger partial charge in [0.05, 0.1) is 32.4 Å². The van der Waals surface area contributed by atoms with Crippen molar-refractivity contribution in [2.45, 2.75) is 12.1 Å². The number of para-hydroxylation sites is 2. The lowest BCUT2D eigenvalue weighted by Gasteiger charge is -2.29. The van der Waals surface area contributed by atoms with E-state index in [0.717, 1.165) is 4.90 Å². The quantitative estimate of drug-likeness (QED) is 0.296. The number of hydrogen-bond acceptors (Lipinski definition) is 6. The monoisotopic (exact) mass is 483 g/mol. The zero-order valence-corrected chi connectivity index (χ0v) is 18.3. The van der Waals surface area contributed by atoms with Crippen molar-refractivity contribution in [1.82, 2.24) is 0 Å². The fraction of sp³-hybridized carbons (Fsp3) is 0.130. The van der Waals surface area contributed by atoms with Crippen LogP contribution in [0.15, 0.2) is 72.8 Å². The number of hydroxylamine groups is 1. The van der Waals surface area contributed by atoms with Gasteiger partial charge in [-0.1, -0.05) is 59.6 Å². The Kier molecular flexibility index (Phi) is 5.28. The molecule has 2 aliphatic rings. The van der Waals surface area contributed by atoms with E-state index >= 15 is 0 Å². The summed E-state index contributed by atoms with van der Waals surface area (Å²) in [6, 6.07) is 18.9. The number of carbonyl (C=O) groups excluding carboxylic acids is 2. The van der Waals surface area contributed by atoms with E-state index in [1.807, 2.05) is 6.07 Å². The normalized spacial score (nSPS) is 22.1. The zero-order chi connectivity index (χ0) is 23.3. The summed E-state index contributed by atoms with van der Waals surface area (Å²) < 4.78 is 0. The van der Waals surface area contributed by atoms with Gasteiger partial charge in [-0.25, -0.2) is 9.96 Å². The van der Waals surface area contributed by atoms with Crippen molar-refractivity contribution in [2.75, 3.05) is 9.96 Å². The summed E-state index contributed by atoms with van der Waals surface area (Å²) in [6.45, 7) is 0. The van der Waals surface area contributed by atoms with E-state index in [4.69, 9.17) is 28.0 Å². The van der Waals surface area contributed by atoms with Crippen molar-refractivity contribution in [3.8, 4) is 0 Å². The molecule has 2 heterocycles. The molecular formula is C23H15Cl2N3O5. The van der Waals surface area contributed by atoms with Gasteiger partial charge in [0.1, 0.15) is 5.92 Å². The maximum atomic E-state index is 13.6. The minimum Gasteiger partial charge on any atom is -0.273 e. The van der Waals surface area contributed by atoms with Crippen molar-refractivity contribution >= 4 is 52.1 Å². The topological polar surface area (TPSA) is 93.0 Å². The van der Waals surface area contributed by atoms with Crippen LogP contribution in [0.5, 0.6) is 0 Å². The van der Waals surface area contributed by atoms with Crippen LogP contribution in [0.2, 0.25) is 10.0 Å². The lowest BCUT2D eigenvalue weighted by Crippen LogP contribution is -2.37. The van der Waals surface area contributed by atoms with Gasteiger partial charge in [-0.15, -0.1) is 0 Å². The molecule has 0 aliphatic carbocycles. The maximum absolute atomic E-state index is 13.6. The number of amides is 2. The van der Waals surface area contributed by atoms with Crippen LogP contribution in [0.1, 0.15) is 11.6 Å². The third kappa shape index (κ3) is 3.43. The molecule has 0 spiro atoms. The number of carbonyl (C=O) groups is 2. The molecule has 8 nitrogen and oxygen atoms in total. The number of benzene rings is 3. The number of imide groups is 1. The van der Waals surface area contributed by atoms with Gasteiger partial charge < -0.3 is 0 Å². The molecule has 3 aromatic carbocycles. The molecule has 5 rings (SSSR count). The number of nitro groups is 1. The molecule has 2 amide bonds. The predicted molar refractivity (Wildman–Crippen MR) is 122 cm³/mol. The maximum Gasteiger partial charge on any atom is 0.269 e. The Bertz CT molecular complexity index is 1250. The van der Waals surface area contributed by atoms with E-state index in [0.29, 0.717) is 11.3 Å². The molecule has 166 valence electrons. The van der Waals surface area contributed by atoms with Gasteiger partial charge >= 0.3 is 0 Å². The number of halogens is 2. The predicted octanol–water partition coefficient (Wildman–Crippen LogP) is 4.95. The Balaban J connectivity index is 1.60. The average Bonchev–Trinajstić information content (AvgIpc) is 3.31. The summed E-state index contributed by atoms with van der Waals surface area (Å²) in [5, 5.41) is 12.9. The number of nitrogens with zero attached hydrogens (tertiary/aromatic N) is 3. The number of non-ortho nitro benzene ring substituents is 1. The SMILES string of the molecule is O=C1[C@@H]2[C@@H](ON(c3ccccc3)[C@H]2c2ccc([N+](=O)[O-])cc2)C(=O)N1c1c(Cl)cccc1Cl. The van der Waals surface area contributed by atoms with E-state index in [1.165, 1.54) is 17.2 Å². The smallest absolute Gasteiger partial charge is 0.269 e. The first-order valence-electron chi connectivity index (χ1n) is 9.95. The second-order valence-corrected chi connectivity index (χ2v) is 8.40. The van der Waals surface area contributed by atoms with Gasteiger partial charge in [0.15, 0.2) is 6.10 Å². The molecule has 10 heteroatoms. The van der Waals surface area contributed by atoms with Gasteiger partial charge in [-0.3, -0.25) is 24.5 Å². The molecule has 3 aromatic rings. The highest BCUT2D eigenvalue weighted by Crippen LogP contribution is 2.49. The highest BCUT2D eigenvalue weighted by atomic mass is 35.5. The van der Waals surface area contributed by atoms with Crippen LogP contribution in [0.3, 0.4) is 0 Å². The highest BCUT2D eigenvalue weighted by Gasteiger charge is 2.60. The Labute approximate surface area is 198 Å². The van der Waals surface area contributed by atoms with Gasteiger partial charge in [-0.05, 0) is 29.8 Å². The minimum atomic E-state index is -1.11.